The van der Waals surface area contributed by atoms with Crippen molar-refractivity contribution in [2.45, 2.75) is 12.8 Å². The summed E-state index contributed by atoms with van der Waals surface area (Å²) in [5.41, 5.74) is 1.61. The smallest absolute Gasteiger partial charge is 0.243 e. The Labute approximate surface area is 150 Å². The molecule has 1 aliphatic rings. The lowest BCUT2D eigenvalue weighted by Gasteiger charge is -2.07. The van der Waals surface area contributed by atoms with Crippen LogP contribution >= 0.6 is 11.6 Å². The van der Waals surface area contributed by atoms with Crippen molar-refractivity contribution in [3.05, 3.63) is 53.1 Å². The van der Waals surface area contributed by atoms with Gasteiger partial charge >= 0.3 is 0 Å². The van der Waals surface area contributed by atoms with Crippen LogP contribution in [-0.4, -0.2) is 25.2 Å². The summed E-state index contributed by atoms with van der Waals surface area (Å²) in [7, 11) is 0. The van der Waals surface area contributed by atoms with Gasteiger partial charge in [0.25, 0.3) is 0 Å². The molecule has 0 atom stereocenters. The first-order chi connectivity index (χ1) is 12.1. The van der Waals surface area contributed by atoms with Crippen LogP contribution in [0.4, 0.5) is 5.69 Å². The van der Waals surface area contributed by atoms with Crippen LogP contribution in [-0.2, 0) is 16.0 Å². The molecule has 3 rings (SSSR count). The topological polar surface area (TPSA) is 76.7 Å². The van der Waals surface area contributed by atoms with Crippen LogP contribution in [0.15, 0.2) is 42.5 Å². The van der Waals surface area contributed by atoms with Gasteiger partial charge in [-0.25, -0.2) is 0 Å². The van der Waals surface area contributed by atoms with E-state index >= 15 is 0 Å². The molecule has 0 radical (unpaired) electrons. The SMILES string of the molecule is O=C(CCc1ccc2c(c1)OCO2)NCC(=O)Nc1ccc(Cl)cc1. The fraction of sp³-hybridized carbons (Fsp3) is 0.222. The Morgan fingerprint density at radius 3 is 2.56 bits per heavy atom. The molecular formula is C18H17ClN2O4. The van der Waals surface area contributed by atoms with Gasteiger partial charge in [0.05, 0.1) is 6.54 Å². The molecule has 2 aromatic carbocycles. The predicted molar refractivity (Wildman–Crippen MR) is 94.0 cm³/mol. The first-order valence-electron chi connectivity index (χ1n) is 7.81. The number of anilines is 1. The van der Waals surface area contributed by atoms with Crippen LogP contribution < -0.4 is 20.1 Å². The number of hydrogen-bond donors (Lipinski definition) is 2. The van der Waals surface area contributed by atoms with Crippen molar-refractivity contribution in [1.82, 2.24) is 5.32 Å². The molecule has 2 aromatic rings. The summed E-state index contributed by atoms with van der Waals surface area (Å²) in [6.07, 6.45) is 0.842. The zero-order valence-electron chi connectivity index (χ0n) is 13.4. The molecule has 2 N–H and O–H groups in total. The summed E-state index contributed by atoms with van der Waals surface area (Å²) in [5.74, 6) is 0.926. The highest BCUT2D eigenvalue weighted by atomic mass is 35.5. The van der Waals surface area contributed by atoms with E-state index in [2.05, 4.69) is 10.6 Å². The van der Waals surface area contributed by atoms with Crippen molar-refractivity contribution in [2.24, 2.45) is 0 Å². The Kier molecular flexibility index (Phi) is 5.40. The van der Waals surface area contributed by atoms with Crippen molar-refractivity contribution in [2.75, 3.05) is 18.7 Å². The molecule has 6 nitrogen and oxygen atoms in total. The molecule has 1 heterocycles. The fourth-order valence-electron chi connectivity index (χ4n) is 2.36. The maximum atomic E-state index is 11.9. The number of hydrogen-bond acceptors (Lipinski definition) is 4. The standard InChI is InChI=1S/C18H17ClN2O4/c19-13-3-5-14(6-4-13)21-18(23)10-20-17(22)8-2-12-1-7-15-16(9-12)25-11-24-15/h1,3-7,9H,2,8,10-11H2,(H,20,22)(H,21,23). The minimum Gasteiger partial charge on any atom is -0.454 e. The van der Waals surface area contributed by atoms with E-state index < -0.39 is 0 Å². The van der Waals surface area contributed by atoms with Gasteiger partial charge in [-0.1, -0.05) is 17.7 Å². The van der Waals surface area contributed by atoms with Crippen LogP contribution in [0, 0.1) is 0 Å². The number of benzene rings is 2. The van der Waals surface area contributed by atoms with Crippen molar-refractivity contribution in [3.8, 4) is 11.5 Å². The Hall–Kier alpha value is -2.73. The second-order valence-electron chi connectivity index (χ2n) is 5.52. The zero-order valence-corrected chi connectivity index (χ0v) is 14.1. The highest BCUT2D eigenvalue weighted by molar-refractivity contribution is 6.30. The van der Waals surface area contributed by atoms with E-state index in [-0.39, 0.29) is 31.6 Å². The first-order valence-corrected chi connectivity index (χ1v) is 8.18. The maximum absolute atomic E-state index is 11.9. The molecule has 7 heteroatoms. The Balaban J connectivity index is 1.40. The van der Waals surface area contributed by atoms with Gasteiger partial charge in [-0.15, -0.1) is 0 Å². The number of ether oxygens (including phenoxy) is 2. The van der Waals surface area contributed by atoms with Crippen molar-refractivity contribution < 1.29 is 19.1 Å². The normalized spacial score (nSPS) is 11.9. The predicted octanol–water partition coefficient (Wildman–Crippen LogP) is 2.76. The largest absolute Gasteiger partial charge is 0.454 e. The summed E-state index contributed by atoms with van der Waals surface area (Å²) >= 11 is 5.78. The summed E-state index contributed by atoms with van der Waals surface area (Å²) in [6, 6.07) is 12.3. The minimum absolute atomic E-state index is 0.0808. The van der Waals surface area contributed by atoms with Crippen LogP contribution in [0.2, 0.25) is 5.02 Å². The van der Waals surface area contributed by atoms with E-state index in [4.69, 9.17) is 21.1 Å². The van der Waals surface area contributed by atoms with Crippen molar-refractivity contribution >= 4 is 29.1 Å². The number of carbonyl (C=O) groups excluding carboxylic acids is 2. The molecule has 0 fully saturated rings. The maximum Gasteiger partial charge on any atom is 0.243 e. The van der Waals surface area contributed by atoms with Gasteiger partial charge in [-0.05, 0) is 48.4 Å². The molecule has 0 saturated heterocycles. The van der Waals surface area contributed by atoms with E-state index in [1.54, 1.807) is 24.3 Å². The lowest BCUT2D eigenvalue weighted by Crippen LogP contribution is -2.32. The molecular weight excluding hydrogens is 344 g/mol. The van der Waals surface area contributed by atoms with Gasteiger partial charge in [0.2, 0.25) is 18.6 Å². The molecule has 0 unspecified atom stereocenters. The molecule has 0 spiro atoms. The van der Waals surface area contributed by atoms with Crippen LogP contribution in [0.25, 0.3) is 0 Å². The number of nitrogens with one attached hydrogen (secondary N) is 2. The summed E-state index contributed by atoms with van der Waals surface area (Å²) in [6.45, 7) is 0.143. The van der Waals surface area contributed by atoms with Gasteiger partial charge in [-0.2, -0.15) is 0 Å². The summed E-state index contributed by atoms with van der Waals surface area (Å²) in [4.78, 5) is 23.7. The zero-order chi connectivity index (χ0) is 17.6. The number of rotatable bonds is 6. The first kappa shape index (κ1) is 17.1. The number of carbonyl (C=O) groups is 2. The Morgan fingerprint density at radius 2 is 1.76 bits per heavy atom. The quantitative estimate of drug-likeness (QED) is 0.830. The summed E-state index contributed by atoms with van der Waals surface area (Å²) in [5, 5.41) is 5.88. The second-order valence-corrected chi connectivity index (χ2v) is 5.96. The van der Waals surface area contributed by atoms with E-state index in [0.29, 0.717) is 28.6 Å². The lowest BCUT2D eigenvalue weighted by atomic mass is 10.1. The van der Waals surface area contributed by atoms with E-state index in [9.17, 15) is 9.59 Å². The lowest BCUT2D eigenvalue weighted by molar-refractivity contribution is -0.124. The van der Waals surface area contributed by atoms with E-state index in [1.165, 1.54) is 0 Å². The van der Waals surface area contributed by atoms with Crippen LogP contribution in [0.3, 0.4) is 0 Å². The third-order valence-corrected chi connectivity index (χ3v) is 3.90. The Morgan fingerprint density at radius 1 is 1.00 bits per heavy atom. The van der Waals surface area contributed by atoms with Crippen molar-refractivity contribution in [1.29, 1.82) is 0 Å². The molecule has 0 aromatic heterocycles. The minimum atomic E-state index is -0.293. The molecule has 0 bridgehead atoms. The number of amides is 2. The highest BCUT2D eigenvalue weighted by Gasteiger charge is 2.13. The number of fused-ring (bicyclic) bond motifs is 1. The molecule has 0 saturated carbocycles. The fourth-order valence-corrected chi connectivity index (χ4v) is 2.49. The molecule has 1 aliphatic heterocycles. The Bertz CT molecular complexity index is 777. The van der Waals surface area contributed by atoms with Gasteiger partial charge in [0.1, 0.15) is 0 Å². The number of halogens is 1. The molecule has 130 valence electrons. The van der Waals surface area contributed by atoms with Gasteiger partial charge in [0, 0.05) is 17.1 Å². The van der Waals surface area contributed by atoms with Crippen LogP contribution in [0.5, 0.6) is 11.5 Å². The second kappa shape index (κ2) is 7.90. The third-order valence-electron chi connectivity index (χ3n) is 3.65. The third kappa shape index (κ3) is 4.87. The monoisotopic (exact) mass is 360 g/mol. The van der Waals surface area contributed by atoms with Gasteiger partial charge in [-0.3, -0.25) is 9.59 Å². The van der Waals surface area contributed by atoms with Crippen molar-refractivity contribution in [3.63, 3.8) is 0 Å². The average molecular weight is 361 g/mol. The molecule has 25 heavy (non-hydrogen) atoms. The number of aryl methyl sites for hydroxylation is 1. The molecule has 0 aliphatic carbocycles. The van der Waals surface area contributed by atoms with Crippen LogP contribution in [0.1, 0.15) is 12.0 Å². The van der Waals surface area contributed by atoms with E-state index in [1.807, 2.05) is 18.2 Å². The molecule has 2 amide bonds. The summed E-state index contributed by atoms with van der Waals surface area (Å²) < 4.78 is 10.6. The van der Waals surface area contributed by atoms with Gasteiger partial charge < -0.3 is 20.1 Å². The van der Waals surface area contributed by atoms with E-state index in [0.717, 1.165) is 5.56 Å². The average Bonchev–Trinajstić information content (AvgIpc) is 3.08. The van der Waals surface area contributed by atoms with Gasteiger partial charge in [0.15, 0.2) is 11.5 Å². The highest BCUT2D eigenvalue weighted by Crippen LogP contribution is 2.32.